The molecule has 1 aliphatic heterocycles. The second-order valence-corrected chi connectivity index (χ2v) is 0.792. The molecule has 0 bridgehead atoms. The van der Waals surface area contributed by atoms with Crippen LogP contribution in [-0.2, 0) is 4.84 Å². The predicted molar refractivity (Wildman–Crippen MR) is 22.5 cm³/mol. The van der Waals surface area contributed by atoms with Crippen LogP contribution in [0.2, 0.25) is 0 Å². The summed E-state index contributed by atoms with van der Waals surface area (Å²) in [4.78, 5) is 4.46. The van der Waals surface area contributed by atoms with Gasteiger partial charge in [-0.1, -0.05) is 0 Å². The standard InChI is InChI=1S/C4H5NO/c1-2-4-6-5-3-1/h1-5H/i1D,3D. The normalized spacial score (nSPS) is 24.0. The fourth-order valence-corrected chi connectivity index (χ4v) is 0.203. The summed E-state index contributed by atoms with van der Waals surface area (Å²) in [6, 6.07) is 0.135. The summed E-state index contributed by atoms with van der Waals surface area (Å²) in [6.45, 7) is 0. The maximum absolute atomic E-state index is 6.94. The average molecular weight is 85.1 g/mol. The second kappa shape index (κ2) is 1.50. The van der Waals surface area contributed by atoms with Gasteiger partial charge in [-0.05, 0) is 12.1 Å². The summed E-state index contributed by atoms with van der Waals surface area (Å²) < 4.78 is 13.8. The Morgan fingerprint density at radius 3 is 3.33 bits per heavy atom. The molecule has 2 heteroatoms. The van der Waals surface area contributed by atoms with Gasteiger partial charge in [0.2, 0.25) is 0 Å². The molecule has 6 heavy (non-hydrogen) atoms. The molecule has 0 amide bonds. The van der Waals surface area contributed by atoms with Crippen LogP contribution in [0.3, 0.4) is 0 Å². The van der Waals surface area contributed by atoms with Gasteiger partial charge >= 0.3 is 0 Å². The van der Waals surface area contributed by atoms with Crippen LogP contribution >= 0.6 is 0 Å². The molecule has 0 aromatic heterocycles. The molecular formula is C4H5NO. The molecule has 0 aromatic rings. The minimum Gasteiger partial charge on any atom is -0.391 e. The van der Waals surface area contributed by atoms with E-state index in [0.29, 0.717) is 0 Å². The first-order valence-electron chi connectivity index (χ1n) is 2.56. The molecule has 0 saturated heterocycles. The van der Waals surface area contributed by atoms with Gasteiger partial charge in [0.15, 0.2) is 0 Å². The highest BCUT2D eigenvalue weighted by Crippen LogP contribution is 1.80. The molecule has 0 aromatic carbocycles. The monoisotopic (exact) mass is 85.0 g/mol. The summed E-state index contributed by atoms with van der Waals surface area (Å²) in [5.41, 5.74) is 2.20. The van der Waals surface area contributed by atoms with Crippen LogP contribution in [0.15, 0.2) is 24.6 Å². The summed E-state index contributed by atoms with van der Waals surface area (Å²) >= 11 is 0. The quantitative estimate of drug-likeness (QED) is 0.463. The van der Waals surface area contributed by atoms with Crippen molar-refractivity contribution < 1.29 is 7.58 Å². The Bertz CT molecular complexity index is 152. The molecule has 1 rings (SSSR count). The molecule has 0 fully saturated rings. The van der Waals surface area contributed by atoms with Crippen molar-refractivity contribution in [2.45, 2.75) is 0 Å². The number of nitrogens with one attached hydrogen (secondary N) is 1. The molecule has 32 valence electrons. The third-order valence-electron chi connectivity index (χ3n) is 0.402. The van der Waals surface area contributed by atoms with Crippen LogP contribution in [0.4, 0.5) is 0 Å². The van der Waals surface area contributed by atoms with E-state index in [1.807, 2.05) is 0 Å². The molecule has 0 spiro atoms. The van der Waals surface area contributed by atoms with E-state index in [1.54, 1.807) is 0 Å². The first-order valence-corrected chi connectivity index (χ1v) is 1.56. The zero-order chi connectivity index (χ0) is 5.98. The molecule has 1 heterocycles. The third kappa shape index (κ3) is 0.516. The first kappa shape index (κ1) is 1.69. The molecule has 0 saturated carbocycles. The Hall–Kier alpha value is -0.920. The molecule has 0 atom stereocenters. The van der Waals surface area contributed by atoms with Crippen molar-refractivity contribution in [1.82, 2.24) is 5.48 Å². The van der Waals surface area contributed by atoms with E-state index in [0.717, 1.165) is 0 Å². The summed E-state index contributed by atoms with van der Waals surface area (Å²) in [5, 5.41) is 0. The maximum Gasteiger partial charge on any atom is 0.119 e. The maximum atomic E-state index is 6.94. The SMILES string of the molecule is [2H]C1=C([2H])NOC=C1. The van der Waals surface area contributed by atoms with E-state index in [2.05, 4.69) is 10.3 Å². The predicted octanol–water partition coefficient (Wildman–Crippen LogP) is 0.549. The van der Waals surface area contributed by atoms with Crippen molar-refractivity contribution in [2.75, 3.05) is 0 Å². The lowest BCUT2D eigenvalue weighted by molar-refractivity contribution is 0.172. The second-order valence-electron chi connectivity index (χ2n) is 0.792. The number of rotatable bonds is 0. The van der Waals surface area contributed by atoms with E-state index in [1.165, 1.54) is 12.3 Å². The minimum atomic E-state index is -0.00694. The van der Waals surface area contributed by atoms with Crippen molar-refractivity contribution in [1.29, 1.82) is 0 Å². The highest BCUT2D eigenvalue weighted by molar-refractivity contribution is 5.00. The largest absolute Gasteiger partial charge is 0.391 e. The van der Waals surface area contributed by atoms with Gasteiger partial charge in [0.05, 0.1) is 2.74 Å². The molecule has 1 aliphatic rings. The van der Waals surface area contributed by atoms with Crippen molar-refractivity contribution in [3.05, 3.63) is 24.6 Å². The van der Waals surface area contributed by atoms with Crippen molar-refractivity contribution in [3.63, 3.8) is 0 Å². The van der Waals surface area contributed by atoms with E-state index in [-0.39, 0.29) is 12.2 Å². The summed E-state index contributed by atoms with van der Waals surface area (Å²) in [6.07, 6.45) is 2.71. The molecule has 2 nitrogen and oxygen atoms in total. The minimum absolute atomic E-state index is 0.00694. The zero-order valence-electron chi connectivity index (χ0n) is 5.06. The first-order chi connectivity index (χ1) is 3.80. The van der Waals surface area contributed by atoms with Gasteiger partial charge in [0.1, 0.15) is 6.26 Å². The van der Waals surface area contributed by atoms with Crippen molar-refractivity contribution >= 4 is 0 Å². The van der Waals surface area contributed by atoms with Crippen LogP contribution in [-0.4, -0.2) is 0 Å². The van der Waals surface area contributed by atoms with Crippen molar-refractivity contribution in [2.24, 2.45) is 0 Å². The van der Waals surface area contributed by atoms with Crippen LogP contribution in [0.25, 0.3) is 0 Å². The van der Waals surface area contributed by atoms with Crippen LogP contribution in [0, 0.1) is 0 Å². The van der Waals surface area contributed by atoms with Crippen LogP contribution in [0.5, 0.6) is 0 Å². The summed E-state index contributed by atoms with van der Waals surface area (Å²) in [7, 11) is 0. The number of hydroxylamine groups is 1. The van der Waals surface area contributed by atoms with Gasteiger partial charge < -0.3 is 4.84 Å². The van der Waals surface area contributed by atoms with Crippen molar-refractivity contribution in [3.8, 4) is 0 Å². The Labute approximate surface area is 38.9 Å². The zero-order valence-corrected chi connectivity index (χ0v) is 3.06. The van der Waals surface area contributed by atoms with Gasteiger partial charge in [0.25, 0.3) is 0 Å². The lowest BCUT2D eigenvalue weighted by Crippen LogP contribution is -2.01. The van der Waals surface area contributed by atoms with Gasteiger partial charge in [-0.3, -0.25) is 0 Å². The lowest BCUT2D eigenvalue weighted by Gasteiger charge is -1.97. The molecule has 0 unspecified atom stereocenters. The number of allylic oxidation sites excluding steroid dienone is 2. The van der Waals surface area contributed by atoms with E-state index in [4.69, 9.17) is 2.74 Å². The smallest absolute Gasteiger partial charge is 0.119 e. The fraction of sp³-hybridized carbons (Fsp3) is 0. The third-order valence-corrected chi connectivity index (χ3v) is 0.402. The van der Waals surface area contributed by atoms with Gasteiger partial charge in [-0.25, -0.2) is 5.48 Å². The van der Waals surface area contributed by atoms with Gasteiger partial charge in [0, 0.05) is 6.18 Å². The highest BCUT2D eigenvalue weighted by Gasteiger charge is 1.72. The van der Waals surface area contributed by atoms with E-state index < -0.39 is 0 Å². The molecule has 0 radical (unpaired) electrons. The van der Waals surface area contributed by atoms with Crippen LogP contribution < -0.4 is 5.48 Å². The molecule has 1 N–H and O–H groups in total. The average Bonchev–Trinajstić information content (AvgIpc) is 1.77. The number of hydrogen-bond acceptors (Lipinski definition) is 2. The molecular weight excluding hydrogens is 78.0 g/mol. The topological polar surface area (TPSA) is 21.3 Å². The van der Waals surface area contributed by atoms with Crippen LogP contribution in [0.1, 0.15) is 2.74 Å². The fourth-order valence-electron chi connectivity index (χ4n) is 0.203. The van der Waals surface area contributed by atoms with E-state index >= 15 is 0 Å². The van der Waals surface area contributed by atoms with Gasteiger partial charge in [-0.15, -0.1) is 0 Å². The highest BCUT2D eigenvalue weighted by atomic mass is 16.6. The molecule has 0 aliphatic carbocycles. The Kier molecular flexibility index (Phi) is 0.422. The summed E-state index contributed by atoms with van der Waals surface area (Å²) in [5.74, 6) is 0. The van der Waals surface area contributed by atoms with E-state index in [9.17, 15) is 0 Å². The lowest BCUT2D eigenvalue weighted by atomic mass is 10.6. The van der Waals surface area contributed by atoms with Gasteiger partial charge in [-0.2, -0.15) is 0 Å². The Morgan fingerprint density at radius 1 is 1.83 bits per heavy atom. The Balaban J connectivity index is 2.76. The number of hydrogen-bond donors (Lipinski definition) is 1. The Morgan fingerprint density at radius 2 is 2.83 bits per heavy atom.